The van der Waals surface area contributed by atoms with E-state index in [4.69, 9.17) is 18.9 Å². The van der Waals surface area contributed by atoms with Crippen molar-refractivity contribution in [2.45, 2.75) is 63.2 Å². The molecule has 5 heteroatoms. The van der Waals surface area contributed by atoms with Gasteiger partial charge in [-0.05, 0) is 33.8 Å². The smallest absolute Gasteiger partial charge is 0.191 e. The zero-order valence-corrected chi connectivity index (χ0v) is 11.2. The predicted octanol–water partition coefficient (Wildman–Crippen LogP) is 0.959. The molecule has 3 rings (SSSR count). The minimum Gasteiger partial charge on any atom is -0.388 e. The van der Waals surface area contributed by atoms with Crippen molar-refractivity contribution in [1.29, 1.82) is 0 Å². The Labute approximate surface area is 107 Å². The van der Waals surface area contributed by atoms with Crippen LogP contribution in [0, 0.1) is 0 Å². The van der Waals surface area contributed by atoms with E-state index in [1.165, 1.54) is 0 Å². The molecule has 0 aromatic rings. The summed E-state index contributed by atoms with van der Waals surface area (Å²) in [5.41, 5.74) is -1.79. The lowest BCUT2D eigenvalue weighted by atomic mass is 9.84. The molecule has 0 bridgehead atoms. The molecule has 2 saturated heterocycles. The molecular weight excluding hydrogens is 236 g/mol. The number of aliphatic hydroxyl groups is 1. The summed E-state index contributed by atoms with van der Waals surface area (Å²) in [6, 6.07) is 0. The lowest BCUT2D eigenvalue weighted by Gasteiger charge is -2.38. The van der Waals surface area contributed by atoms with Crippen LogP contribution in [-0.4, -0.2) is 47.2 Å². The van der Waals surface area contributed by atoms with E-state index >= 15 is 0 Å². The van der Waals surface area contributed by atoms with Gasteiger partial charge in [0.1, 0.15) is 17.8 Å². The second kappa shape index (κ2) is 3.55. The van der Waals surface area contributed by atoms with E-state index in [0.717, 1.165) is 0 Å². The molecule has 0 radical (unpaired) electrons. The molecule has 0 saturated carbocycles. The topological polar surface area (TPSA) is 57.2 Å². The molecule has 1 spiro atoms. The molecule has 0 aliphatic carbocycles. The van der Waals surface area contributed by atoms with Crippen molar-refractivity contribution < 1.29 is 24.1 Å². The van der Waals surface area contributed by atoms with Crippen LogP contribution in [0.15, 0.2) is 12.2 Å². The molecule has 0 aromatic heterocycles. The van der Waals surface area contributed by atoms with E-state index in [1.807, 2.05) is 26.0 Å². The highest BCUT2D eigenvalue weighted by atomic mass is 16.8. The molecule has 102 valence electrons. The zero-order valence-electron chi connectivity index (χ0n) is 11.2. The lowest BCUT2D eigenvalue weighted by Crippen LogP contribution is -2.55. The van der Waals surface area contributed by atoms with Gasteiger partial charge in [0.2, 0.25) is 0 Å². The van der Waals surface area contributed by atoms with E-state index in [2.05, 4.69) is 0 Å². The Balaban J connectivity index is 1.97. The molecule has 0 unspecified atom stereocenters. The SMILES string of the molecule is CC1(C)O[C@H]2O[C@H](C(C)(C)O)[C@]3(C=CCO3)[C@H]2O1. The highest BCUT2D eigenvalue weighted by molar-refractivity contribution is 5.23. The van der Waals surface area contributed by atoms with Crippen molar-refractivity contribution in [3.05, 3.63) is 12.2 Å². The van der Waals surface area contributed by atoms with Crippen LogP contribution in [0.5, 0.6) is 0 Å². The Morgan fingerprint density at radius 3 is 2.56 bits per heavy atom. The Kier molecular flexibility index (Phi) is 2.48. The van der Waals surface area contributed by atoms with Crippen LogP contribution in [0.4, 0.5) is 0 Å². The van der Waals surface area contributed by atoms with Crippen molar-refractivity contribution in [3.8, 4) is 0 Å². The van der Waals surface area contributed by atoms with E-state index in [0.29, 0.717) is 6.61 Å². The number of ether oxygens (including phenoxy) is 4. The maximum atomic E-state index is 10.3. The Morgan fingerprint density at radius 1 is 1.28 bits per heavy atom. The van der Waals surface area contributed by atoms with Gasteiger partial charge >= 0.3 is 0 Å². The zero-order chi connectivity index (χ0) is 13.2. The maximum absolute atomic E-state index is 10.3. The van der Waals surface area contributed by atoms with Crippen LogP contribution in [0.1, 0.15) is 27.7 Å². The first-order valence-electron chi connectivity index (χ1n) is 6.30. The fourth-order valence-corrected chi connectivity index (χ4v) is 3.06. The minimum absolute atomic E-state index is 0.345. The summed E-state index contributed by atoms with van der Waals surface area (Å²) < 4.78 is 23.3. The quantitative estimate of drug-likeness (QED) is 0.708. The van der Waals surface area contributed by atoms with Crippen molar-refractivity contribution in [1.82, 2.24) is 0 Å². The van der Waals surface area contributed by atoms with Gasteiger partial charge in [-0.3, -0.25) is 0 Å². The van der Waals surface area contributed by atoms with Crippen molar-refractivity contribution in [2.75, 3.05) is 6.61 Å². The van der Waals surface area contributed by atoms with Gasteiger partial charge in [-0.1, -0.05) is 6.08 Å². The van der Waals surface area contributed by atoms with Crippen LogP contribution >= 0.6 is 0 Å². The standard InChI is InChI=1S/C13H20O5/c1-11(2,14)10-13(6-5-7-15-13)8-9(16-10)18-12(3,4)17-8/h5-6,8-10,14H,7H2,1-4H3/t8-,9+,10+,13-/m0/s1. The first-order valence-corrected chi connectivity index (χ1v) is 6.30. The largest absolute Gasteiger partial charge is 0.388 e. The van der Waals surface area contributed by atoms with E-state index in [9.17, 15) is 5.11 Å². The van der Waals surface area contributed by atoms with E-state index < -0.39 is 29.4 Å². The number of fused-ring (bicyclic) bond motifs is 2. The van der Waals surface area contributed by atoms with Crippen LogP contribution in [-0.2, 0) is 18.9 Å². The fourth-order valence-electron chi connectivity index (χ4n) is 3.06. The summed E-state index contributed by atoms with van der Waals surface area (Å²) in [4.78, 5) is 0. The monoisotopic (exact) mass is 256 g/mol. The minimum atomic E-state index is -1.03. The summed E-state index contributed by atoms with van der Waals surface area (Å²) in [6.45, 7) is 7.62. The molecule has 3 aliphatic heterocycles. The molecular formula is C13H20O5. The van der Waals surface area contributed by atoms with Gasteiger partial charge in [-0.2, -0.15) is 0 Å². The molecule has 3 aliphatic rings. The van der Waals surface area contributed by atoms with Gasteiger partial charge in [0, 0.05) is 0 Å². The third-order valence-electron chi connectivity index (χ3n) is 3.63. The third kappa shape index (κ3) is 1.66. The summed E-state index contributed by atoms with van der Waals surface area (Å²) in [6.07, 6.45) is 2.52. The normalized spacial score (nSPS) is 45.9. The van der Waals surface area contributed by atoms with Crippen molar-refractivity contribution in [2.24, 2.45) is 0 Å². The van der Waals surface area contributed by atoms with E-state index in [-0.39, 0.29) is 6.10 Å². The Hall–Kier alpha value is -0.460. The average Bonchev–Trinajstić information content (AvgIpc) is 2.83. The summed E-state index contributed by atoms with van der Waals surface area (Å²) in [7, 11) is 0. The molecule has 18 heavy (non-hydrogen) atoms. The summed E-state index contributed by atoms with van der Waals surface area (Å²) >= 11 is 0. The second-order valence-corrected chi connectivity index (χ2v) is 6.16. The van der Waals surface area contributed by atoms with Crippen LogP contribution in [0.2, 0.25) is 0 Å². The molecule has 3 heterocycles. The van der Waals surface area contributed by atoms with E-state index in [1.54, 1.807) is 13.8 Å². The fraction of sp³-hybridized carbons (Fsp3) is 0.846. The first kappa shape index (κ1) is 12.6. The average molecular weight is 256 g/mol. The first-order chi connectivity index (χ1) is 8.25. The summed E-state index contributed by atoms with van der Waals surface area (Å²) in [5, 5.41) is 10.3. The molecule has 5 nitrogen and oxygen atoms in total. The Bertz CT molecular complexity index is 383. The molecule has 0 amide bonds. The van der Waals surface area contributed by atoms with Crippen molar-refractivity contribution in [3.63, 3.8) is 0 Å². The highest BCUT2D eigenvalue weighted by Crippen LogP contribution is 2.49. The highest BCUT2D eigenvalue weighted by Gasteiger charge is 2.67. The molecule has 4 atom stereocenters. The lowest BCUT2D eigenvalue weighted by molar-refractivity contribution is -0.248. The van der Waals surface area contributed by atoms with Gasteiger partial charge in [-0.15, -0.1) is 0 Å². The predicted molar refractivity (Wildman–Crippen MR) is 62.8 cm³/mol. The third-order valence-corrected chi connectivity index (χ3v) is 3.63. The van der Waals surface area contributed by atoms with Crippen molar-refractivity contribution >= 4 is 0 Å². The van der Waals surface area contributed by atoms with Gasteiger partial charge in [0.25, 0.3) is 0 Å². The maximum Gasteiger partial charge on any atom is 0.191 e. The van der Waals surface area contributed by atoms with Gasteiger partial charge in [-0.25, -0.2) is 0 Å². The van der Waals surface area contributed by atoms with Gasteiger partial charge < -0.3 is 24.1 Å². The molecule has 2 fully saturated rings. The molecule has 0 aromatic carbocycles. The van der Waals surface area contributed by atoms with Crippen LogP contribution in [0.25, 0.3) is 0 Å². The summed E-state index contributed by atoms with van der Waals surface area (Å²) in [5.74, 6) is -0.688. The Morgan fingerprint density at radius 2 is 2.00 bits per heavy atom. The second-order valence-electron chi connectivity index (χ2n) is 6.16. The van der Waals surface area contributed by atoms with Gasteiger partial charge in [0.05, 0.1) is 12.2 Å². The number of hydrogen-bond donors (Lipinski definition) is 1. The van der Waals surface area contributed by atoms with Gasteiger partial charge in [0.15, 0.2) is 12.1 Å². The number of hydrogen-bond acceptors (Lipinski definition) is 5. The van der Waals surface area contributed by atoms with Crippen LogP contribution < -0.4 is 0 Å². The molecule has 1 N–H and O–H groups in total. The number of rotatable bonds is 1. The van der Waals surface area contributed by atoms with Crippen LogP contribution in [0.3, 0.4) is 0 Å².